The van der Waals surface area contributed by atoms with Crippen molar-refractivity contribution in [3.63, 3.8) is 0 Å². The van der Waals surface area contributed by atoms with Gasteiger partial charge in [-0.2, -0.15) is 0 Å². The molecule has 1 saturated heterocycles. The van der Waals surface area contributed by atoms with Crippen LogP contribution in [0.4, 0.5) is 0 Å². The molecule has 2 aromatic rings. The monoisotopic (exact) mass is 427 g/mol. The predicted molar refractivity (Wildman–Crippen MR) is 115 cm³/mol. The van der Waals surface area contributed by atoms with E-state index >= 15 is 0 Å². The summed E-state index contributed by atoms with van der Waals surface area (Å²) in [5, 5.41) is 0.953. The zero-order chi connectivity index (χ0) is 22.3. The number of amides is 1. The Balaban J connectivity index is 1.50. The molecule has 1 aliphatic heterocycles. The van der Waals surface area contributed by atoms with Gasteiger partial charge in [-0.15, -0.1) is 0 Å². The quantitative estimate of drug-likeness (QED) is 0.550. The lowest BCUT2D eigenvalue weighted by Gasteiger charge is -2.38. The van der Waals surface area contributed by atoms with E-state index < -0.39 is 11.5 Å². The molecule has 0 saturated carbocycles. The third kappa shape index (κ3) is 3.70. The van der Waals surface area contributed by atoms with Crippen LogP contribution in [0.15, 0.2) is 21.3 Å². The highest BCUT2D eigenvalue weighted by Gasteiger charge is 2.40. The van der Waals surface area contributed by atoms with E-state index in [1.54, 1.807) is 11.8 Å². The average molecular weight is 427 g/mol. The third-order valence-electron chi connectivity index (χ3n) is 6.85. The summed E-state index contributed by atoms with van der Waals surface area (Å²) in [4.78, 5) is 39.0. The molecule has 1 atom stereocenters. The Bertz CT molecular complexity index is 1090. The summed E-state index contributed by atoms with van der Waals surface area (Å²) in [5.41, 5.74) is 2.30. The summed E-state index contributed by atoms with van der Waals surface area (Å²) in [5.74, 6) is 0.177. The van der Waals surface area contributed by atoms with E-state index in [1.807, 2.05) is 26.0 Å². The van der Waals surface area contributed by atoms with Crippen LogP contribution in [0, 0.1) is 12.3 Å². The maximum absolute atomic E-state index is 12.9. The first-order valence-corrected chi connectivity index (χ1v) is 10.9. The molecular formula is C24H29NO6. The number of fused-ring (bicyclic) bond motifs is 3. The molecule has 7 heteroatoms. The highest BCUT2D eigenvalue weighted by molar-refractivity contribution is 5.87. The number of piperidine rings is 1. The molecule has 0 radical (unpaired) electrons. The van der Waals surface area contributed by atoms with Gasteiger partial charge in [0.1, 0.15) is 11.3 Å². The van der Waals surface area contributed by atoms with Crippen molar-refractivity contribution >= 4 is 22.8 Å². The van der Waals surface area contributed by atoms with E-state index in [9.17, 15) is 14.4 Å². The molecule has 4 rings (SSSR count). The van der Waals surface area contributed by atoms with Gasteiger partial charge in [0.2, 0.25) is 0 Å². The van der Waals surface area contributed by atoms with Crippen LogP contribution in [0.3, 0.4) is 0 Å². The fourth-order valence-corrected chi connectivity index (χ4v) is 4.76. The fraction of sp³-hybridized carbons (Fsp3) is 0.542. The number of hydrogen-bond donors (Lipinski definition) is 0. The fourth-order valence-electron chi connectivity index (χ4n) is 4.76. The van der Waals surface area contributed by atoms with Gasteiger partial charge >= 0.3 is 11.6 Å². The lowest BCUT2D eigenvalue weighted by atomic mass is 9.80. The number of hydrogen-bond acceptors (Lipinski definition) is 6. The molecule has 0 N–H and O–H groups in total. The summed E-state index contributed by atoms with van der Waals surface area (Å²) in [7, 11) is 1.39. The highest BCUT2D eigenvalue weighted by Crippen LogP contribution is 2.35. The number of carbonyl (C=O) groups excluding carboxylic acids is 2. The van der Waals surface area contributed by atoms with Crippen molar-refractivity contribution in [2.45, 2.75) is 59.0 Å². The molecule has 7 nitrogen and oxygen atoms in total. The number of ether oxygens (including phenoxy) is 2. The highest BCUT2D eigenvalue weighted by atomic mass is 16.5. The van der Waals surface area contributed by atoms with Crippen LogP contribution in [-0.2, 0) is 27.2 Å². The number of esters is 1. The number of methoxy groups -OCH3 is 1. The molecule has 0 bridgehead atoms. The van der Waals surface area contributed by atoms with Crippen LogP contribution in [-0.4, -0.2) is 43.1 Å². The maximum atomic E-state index is 12.9. The van der Waals surface area contributed by atoms with Crippen molar-refractivity contribution in [2.24, 2.45) is 5.41 Å². The molecular weight excluding hydrogens is 398 g/mol. The number of carbonyl (C=O) groups is 2. The van der Waals surface area contributed by atoms with E-state index in [2.05, 4.69) is 0 Å². The Morgan fingerprint density at radius 1 is 1.16 bits per heavy atom. The molecule has 1 fully saturated rings. The van der Waals surface area contributed by atoms with Crippen LogP contribution >= 0.6 is 0 Å². The predicted octanol–water partition coefficient (Wildman–Crippen LogP) is 3.16. The first-order valence-electron chi connectivity index (χ1n) is 10.9. The zero-order valence-corrected chi connectivity index (χ0v) is 18.6. The van der Waals surface area contributed by atoms with Crippen molar-refractivity contribution in [2.75, 3.05) is 20.2 Å². The Labute approximate surface area is 181 Å². The van der Waals surface area contributed by atoms with Crippen molar-refractivity contribution < 1.29 is 23.5 Å². The normalized spacial score (nSPS) is 18.5. The van der Waals surface area contributed by atoms with Gasteiger partial charge in [0.25, 0.3) is 5.91 Å². The van der Waals surface area contributed by atoms with Crippen molar-refractivity contribution in [3.8, 4) is 5.75 Å². The molecule has 1 unspecified atom stereocenters. The minimum atomic E-state index is -0.695. The van der Waals surface area contributed by atoms with Crippen LogP contribution in [0.25, 0.3) is 11.0 Å². The summed E-state index contributed by atoms with van der Waals surface area (Å²) in [6, 6.07) is 3.77. The second kappa shape index (κ2) is 8.02. The van der Waals surface area contributed by atoms with Gasteiger partial charge < -0.3 is 18.8 Å². The number of aryl methyl sites for hydroxylation is 2. The van der Waals surface area contributed by atoms with Gasteiger partial charge in [-0.1, -0.05) is 0 Å². The standard InChI is InChI=1S/C24H29NO6/c1-14-19(9-8-17-16-6-5-7-18(16)22(27)31-20(14)17)30-15(2)21(26)25-12-10-24(3,11-13-25)23(28)29-4/h8-9,15H,5-7,10-13H2,1-4H3. The van der Waals surface area contributed by atoms with E-state index in [1.165, 1.54) is 7.11 Å². The van der Waals surface area contributed by atoms with Crippen LogP contribution < -0.4 is 10.4 Å². The topological polar surface area (TPSA) is 86.0 Å². The molecule has 1 aromatic carbocycles. The van der Waals surface area contributed by atoms with Gasteiger partial charge in [-0.05, 0) is 70.6 Å². The molecule has 2 heterocycles. The van der Waals surface area contributed by atoms with Crippen molar-refractivity contribution in [1.82, 2.24) is 4.90 Å². The molecule has 0 spiro atoms. The maximum Gasteiger partial charge on any atom is 0.339 e. The van der Waals surface area contributed by atoms with Crippen molar-refractivity contribution in [1.29, 1.82) is 0 Å². The van der Waals surface area contributed by atoms with Crippen LogP contribution in [0.5, 0.6) is 5.75 Å². The van der Waals surface area contributed by atoms with Crippen LogP contribution in [0.2, 0.25) is 0 Å². The van der Waals surface area contributed by atoms with Crippen molar-refractivity contribution in [3.05, 3.63) is 39.2 Å². The summed E-state index contributed by atoms with van der Waals surface area (Å²) in [6.07, 6.45) is 3.03. The van der Waals surface area contributed by atoms with Gasteiger partial charge in [-0.25, -0.2) is 4.79 Å². The minimum Gasteiger partial charge on any atom is -0.480 e. The van der Waals surface area contributed by atoms with Crippen LogP contribution in [0.1, 0.15) is 49.8 Å². The summed E-state index contributed by atoms with van der Waals surface area (Å²) < 4.78 is 16.5. The summed E-state index contributed by atoms with van der Waals surface area (Å²) in [6.45, 7) is 6.41. The number of nitrogens with zero attached hydrogens (tertiary/aromatic N) is 1. The largest absolute Gasteiger partial charge is 0.480 e. The van der Waals surface area contributed by atoms with Gasteiger partial charge in [0.15, 0.2) is 6.10 Å². The Morgan fingerprint density at radius 3 is 2.52 bits per heavy atom. The van der Waals surface area contributed by atoms with Gasteiger partial charge in [0, 0.05) is 29.6 Å². The zero-order valence-electron chi connectivity index (χ0n) is 18.6. The van der Waals surface area contributed by atoms with E-state index in [0.29, 0.717) is 37.3 Å². The van der Waals surface area contributed by atoms with E-state index in [0.717, 1.165) is 41.3 Å². The molecule has 1 amide bonds. The lowest BCUT2D eigenvalue weighted by Crippen LogP contribution is -2.49. The minimum absolute atomic E-state index is 0.123. The van der Waals surface area contributed by atoms with E-state index in [4.69, 9.17) is 13.9 Å². The molecule has 1 aromatic heterocycles. The van der Waals surface area contributed by atoms with Gasteiger partial charge in [0.05, 0.1) is 12.5 Å². The SMILES string of the molecule is COC(=O)C1(C)CCN(C(=O)C(C)Oc2ccc3c4c(c(=O)oc3c2C)CCC4)CC1. The Hall–Kier alpha value is -2.83. The molecule has 1 aliphatic carbocycles. The first kappa shape index (κ1) is 21.4. The smallest absolute Gasteiger partial charge is 0.339 e. The lowest BCUT2D eigenvalue weighted by molar-refractivity contribution is -0.157. The average Bonchev–Trinajstić information content (AvgIpc) is 3.26. The second-order valence-electron chi connectivity index (χ2n) is 8.90. The van der Waals surface area contributed by atoms with E-state index in [-0.39, 0.29) is 17.5 Å². The number of rotatable bonds is 4. The summed E-state index contributed by atoms with van der Waals surface area (Å²) >= 11 is 0. The first-order chi connectivity index (χ1) is 14.7. The molecule has 31 heavy (non-hydrogen) atoms. The molecule has 2 aliphatic rings. The van der Waals surface area contributed by atoms with Gasteiger partial charge in [-0.3, -0.25) is 9.59 Å². The number of benzene rings is 1. The third-order valence-corrected chi connectivity index (χ3v) is 6.85. The Kier molecular flexibility index (Phi) is 5.54. The Morgan fingerprint density at radius 2 is 1.84 bits per heavy atom. The molecule has 166 valence electrons. The second-order valence-corrected chi connectivity index (χ2v) is 8.90. The number of likely N-dealkylation sites (tertiary alicyclic amines) is 1.